The van der Waals surface area contributed by atoms with E-state index in [2.05, 4.69) is 54.8 Å². The molecule has 0 aliphatic carbocycles. The number of rotatable bonds is 3. The molecule has 1 heterocycles. The fraction of sp³-hybridized carbons (Fsp3) is 0.625. The van der Waals surface area contributed by atoms with E-state index in [1.165, 1.54) is 24.2 Å². The van der Waals surface area contributed by atoms with Gasteiger partial charge in [0, 0.05) is 44.8 Å². The van der Waals surface area contributed by atoms with Crippen molar-refractivity contribution >= 4 is 0 Å². The minimum Gasteiger partial charge on any atom is -0.326 e. The second-order valence-electron chi connectivity index (χ2n) is 6.45. The molecule has 3 heteroatoms. The molecule has 0 amide bonds. The molecule has 1 aromatic rings. The highest BCUT2D eigenvalue weighted by atomic mass is 15.3. The summed E-state index contributed by atoms with van der Waals surface area (Å²) >= 11 is 0. The van der Waals surface area contributed by atoms with Crippen molar-refractivity contribution in [2.45, 2.75) is 39.4 Å². The molecule has 0 saturated carbocycles. The van der Waals surface area contributed by atoms with Gasteiger partial charge in [0.25, 0.3) is 0 Å². The zero-order valence-corrected chi connectivity index (χ0v) is 12.5. The molecule has 3 nitrogen and oxygen atoms in total. The first kappa shape index (κ1) is 14.5. The zero-order chi connectivity index (χ0) is 13.9. The summed E-state index contributed by atoms with van der Waals surface area (Å²) in [5.74, 6) is 0. The Bertz CT molecular complexity index is 383. The topological polar surface area (TPSA) is 32.5 Å². The monoisotopic (exact) mass is 261 g/mol. The third-order valence-corrected chi connectivity index (χ3v) is 3.99. The van der Waals surface area contributed by atoms with Gasteiger partial charge in [-0.25, -0.2) is 0 Å². The molecule has 0 unspecified atom stereocenters. The first-order valence-corrected chi connectivity index (χ1v) is 7.24. The maximum Gasteiger partial charge on any atom is 0.0234 e. The molecule has 0 bridgehead atoms. The van der Waals surface area contributed by atoms with Gasteiger partial charge in [-0.05, 0) is 31.9 Å². The number of benzene rings is 1. The van der Waals surface area contributed by atoms with Crippen LogP contribution >= 0.6 is 0 Å². The largest absolute Gasteiger partial charge is 0.326 e. The van der Waals surface area contributed by atoms with E-state index in [4.69, 9.17) is 5.73 Å². The van der Waals surface area contributed by atoms with Gasteiger partial charge in [0.15, 0.2) is 0 Å². The van der Waals surface area contributed by atoms with Gasteiger partial charge >= 0.3 is 0 Å². The van der Waals surface area contributed by atoms with Crippen molar-refractivity contribution in [3.63, 3.8) is 0 Å². The molecule has 2 rings (SSSR count). The lowest BCUT2D eigenvalue weighted by Crippen LogP contribution is -2.53. The molecule has 0 aromatic heterocycles. The van der Waals surface area contributed by atoms with Gasteiger partial charge in [0.05, 0.1) is 0 Å². The van der Waals surface area contributed by atoms with Gasteiger partial charge in [-0.3, -0.25) is 9.80 Å². The van der Waals surface area contributed by atoms with Crippen LogP contribution in [0, 0.1) is 0 Å². The maximum absolute atomic E-state index is 5.62. The lowest BCUT2D eigenvalue weighted by molar-refractivity contribution is 0.0591. The molecule has 0 spiro atoms. The van der Waals surface area contributed by atoms with Crippen molar-refractivity contribution < 1.29 is 0 Å². The molecule has 0 radical (unpaired) electrons. The quantitative estimate of drug-likeness (QED) is 0.904. The highest BCUT2D eigenvalue weighted by molar-refractivity contribution is 5.22. The summed E-state index contributed by atoms with van der Waals surface area (Å²) in [6, 6.07) is 8.69. The lowest BCUT2D eigenvalue weighted by Gasteiger charge is -2.42. The highest BCUT2D eigenvalue weighted by Crippen LogP contribution is 2.17. The van der Waals surface area contributed by atoms with E-state index in [0.717, 1.165) is 19.6 Å². The van der Waals surface area contributed by atoms with Gasteiger partial charge in [-0.2, -0.15) is 0 Å². The predicted octanol–water partition coefficient (Wildman–Crippen LogP) is 2.06. The van der Waals surface area contributed by atoms with Crippen LogP contribution in [0.5, 0.6) is 0 Å². The first-order chi connectivity index (χ1) is 8.99. The van der Waals surface area contributed by atoms with E-state index in [1.807, 2.05) is 0 Å². The summed E-state index contributed by atoms with van der Waals surface area (Å²) in [4.78, 5) is 5.11. The number of hydrogen-bond donors (Lipinski definition) is 1. The Balaban J connectivity index is 1.85. The van der Waals surface area contributed by atoms with E-state index >= 15 is 0 Å². The van der Waals surface area contributed by atoms with Gasteiger partial charge in [-0.15, -0.1) is 0 Å². The minimum atomic E-state index is 0.300. The zero-order valence-electron chi connectivity index (χ0n) is 12.5. The van der Waals surface area contributed by atoms with E-state index in [-0.39, 0.29) is 0 Å². The molecule has 2 N–H and O–H groups in total. The van der Waals surface area contributed by atoms with Gasteiger partial charge in [-0.1, -0.05) is 24.3 Å². The third-order valence-electron chi connectivity index (χ3n) is 3.99. The third kappa shape index (κ3) is 4.03. The number of piperazine rings is 1. The van der Waals surface area contributed by atoms with E-state index in [0.29, 0.717) is 12.1 Å². The van der Waals surface area contributed by atoms with E-state index in [1.54, 1.807) is 0 Å². The summed E-state index contributed by atoms with van der Waals surface area (Å²) in [7, 11) is 0. The summed E-state index contributed by atoms with van der Waals surface area (Å²) in [6.07, 6.45) is 0. The molecule has 19 heavy (non-hydrogen) atoms. The molecule has 106 valence electrons. The Hall–Kier alpha value is -0.900. The summed E-state index contributed by atoms with van der Waals surface area (Å²) in [5, 5.41) is 0. The Morgan fingerprint density at radius 1 is 0.947 bits per heavy atom. The Morgan fingerprint density at radius 2 is 1.47 bits per heavy atom. The van der Waals surface area contributed by atoms with Crippen LogP contribution in [0.4, 0.5) is 0 Å². The van der Waals surface area contributed by atoms with Crippen LogP contribution in [0.25, 0.3) is 0 Å². The normalized spacial score (nSPS) is 18.7. The maximum atomic E-state index is 5.62. The smallest absolute Gasteiger partial charge is 0.0234 e. The molecule has 1 aromatic carbocycles. The van der Waals surface area contributed by atoms with Crippen LogP contribution in [0.15, 0.2) is 24.3 Å². The van der Waals surface area contributed by atoms with Crippen molar-refractivity contribution in [1.29, 1.82) is 0 Å². The minimum absolute atomic E-state index is 0.300. The Morgan fingerprint density at radius 3 is 1.95 bits per heavy atom. The second-order valence-corrected chi connectivity index (χ2v) is 6.45. The van der Waals surface area contributed by atoms with Gasteiger partial charge < -0.3 is 5.73 Å². The van der Waals surface area contributed by atoms with Crippen LogP contribution < -0.4 is 5.73 Å². The molecular weight excluding hydrogens is 234 g/mol. The van der Waals surface area contributed by atoms with Gasteiger partial charge in [0.1, 0.15) is 0 Å². The first-order valence-electron chi connectivity index (χ1n) is 7.24. The van der Waals surface area contributed by atoms with E-state index < -0.39 is 0 Å². The van der Waals surface area contributed by atoms with Crippen LogP contribution in [-0.2, 0) is 13.1 Å². The fourth-order valence-corrected chi connectivity index (χ4v) is 2.62. The van der Waals surface area contributed by atoms with Crippen molar-refractivity contribution in [3.05, 3.63) is 35.4 Å². The average Bonchev–Trinajstić information content (AvgIpc) is 2.39. The molecule has 1 saturated heterocycles. The number of nitrogens with two attached hydrogens (primary N) is 1. The molecule has 1 aliphatic rings. The van der Waals surface area contributed by atoms with Crippen LogP contribution in [-0.4, -0.2) is 41.5 Å². The van der Waals surface area contributed by atoms with Crippen LogP contribution in [0.3, 0.4) is 0 Å². The second kappa shape index (κ2) is 6.04. The van der Waals surface area contributed by atoms with E-state index in [9.17, 15) is 0 Å². The molecule has 1 fully saturated rings. The van der Waals surface area contributed by atoms with Crippen LogP contribution in [0.2, 0.25) is 0 Å². The summed E-state index contributed by atoms with van der Waals surface area (Å²) < 4.78 is 0. The van der Waals surface area contributed by atoms with Gasteiger partial charge in [0.2, 0.25) is 0 Å². The molecule has 0 atom stereocenters. The van der Waals surface area contributed by atoms with Crippen molar-refractivity contribution in [3.8, 4) is 0 Å². The number of nitrogens with zero attached hydrogens (tertiary/aromatic N) is 2. The number of hydrogen-bond acceptors (Lipinski definition) is 3. The molecule has 1 aliphatic heterocycles. The highest BCUT2D eigenvalue weighted by Gasteiger charge is 2.25. The lowest BCUT2D eigenvalue weighted by atomic mass is 10.0. The van der Waals surface area contributed by atoms with Crippen LogP contribution in [0.1, 0.15) is 31.9 Å². The Labute approximate surface area is 117 Å². The van der Waals surface area contributed by atoms with Crippen molar-refractivity contribution in [2.75, 3.05) is 26.2 Å². The average molecular weight is 261 g/mol. The summed E-state index contributed by atoms with van der Waals surface area (Å²) in [5.41, 5.74) is 8.52. The SMILES string of the molecule is CC(C)(C)N1CCN(Cc2ccc(CN)cc2)CC1. The Kier molecular flexibility index (Phi) is 4.61. The fourth-order valence-electron chi connectivity index (χ4n) is 2.62. The molecular formula is C16H27N3. The standard InChI is InChI=1S/C16H27N3/c1-16(2,3)19-10-8-18(9-11-19)13-15-6-4-14(12-17)5-7-15/h4-7H,8-13,17H2,1-3H3. The predicted molar refractivity (Wildman–Crippen MR) is 80.9 cm³/mol. The van der Waals surface area contributed by atoms with Crippen molar-refractivity contribution in [1.82, 2.24) is 9.80 Å². The summed E-state index contributed by atoms with van der Waals surface area (Å²) in [6.45, 7) is 13.3. The van der Waals surface area contributed by atoms with Crippen molar-refractivity contribution in [2.24, 2.45) is 5.73 Å².